The smallest absolute Gasteiger partial charge is 0.181 e. The maximum Gasteiger partial charge on any atom is 0.181 e. The van der Waals surface area contributed by atoms with Crippen LogP contribution in [0.15, 0.2) is 35.5 Å². The van der Waals surface area contributed by atoms with Gasteiger partial charge in [0.1, 0.15) is 0 Å². The van der Waals surface area contributed by atoms with Crippen molar-refractivity contribution < 1.29 is 9.59 Å². The van der Waals surface area contributed by atoms with Gasteiger partial charge in [-0.3, -0.25) is 9.59 Å². The molecule has 0 radical (unpaired) electrons. The van der Waals surface area contributed by atoms with Gasteiger partial charge in [0, 0.05) is 33.2 Å². The van der Waals surface area contributed by atoms with Crippen LogP contribution in [0.4, 0.5) is 10.7 Å². The molecule has 4 bridgehead atoms. The third kappa shape index (κ3) is 3.23. The van der Waals surface area contributed by atoms with Crippen LogP contribution in [0.2, 0.25) is 5.02 Å². The molecule has 2 heterocycles. The number of rotatable bonds is 4. The number of benzene rings is 1. The summed E-state index contributed by atoms with van der Waals surface area (Å²) >= 11 is 7.63. The molecular formula is C27H29ClN2O2S. The van der Waals surface area contributed by atoms with Crippen LogP contribution < -0.4 is 11.1 Å². The summed E-state index contributed by atoms with van der Waals surface area (Å²) in [4.78, 5) is 27.5. The number of carbonyl (C=O) groups excluding carboxylic acids is 2. The van der Waals surface area contributed by atoms with Crippen molar-refractivity contribution in [1.82, 2.24) is 0 Å². The Bertz CT molecular complexity index is 1170. The zero-order valence-corrected chi connectivity index (χ0v) is 20.6. The second kappa shape index (κ2) is 7.44. The molecule has 3 N–H and O–H groups in total. The second-order valence-corrected chi connectivity index (χ2v) is 12.3. The fourth-order valence-electron chi connectivity index (χ4n) is 7.69. The third-order valence-corrected chi connectivity index (χ3v) is 9.96. The molecule has 5 aliphatic rings. The number of Topliss-reactive ketones (excluding diaryl/α,β-unsaturated/α-hetero) is 2. The van der Waals surface area contributed by atoms with Crippen LogP contribution >= 0.6 is 22.9 Å². The Morgan fingerprint density at radius 1 is 1.06 bits per heavy atom. The minimum absolute atomic E-state index is 0.00478. The van der Waals surface area contributed by atoms with Gasteiger partial charge in [-0.05, 0) is 87.8 Å². The average molecular weight is 481 g/mol. The lowest BCUT2D eigenvalue weighted by Crippen LogP contribution is -2.50. The van der Waals surface area contributed by atoms with E-state index in [1.807, 2.05) is 31.2 Å². The van der Waals surface area contributed by atoms with Crippen molar-refractivity contribution in [2.24, 2.45) is 23.2 Å². The minimum atomic E-state index is -0.301. The van der Waals surface area contributed by atoms with Gasteiger partial charge in [-0.25, -0.2) is 0 Å². The summed E-state index contributed by atoms with van der Waals surface area (Å²) in [7, 11) is 0. The number of hydrogen-bond donors (Lipinski definition) is 2. The van der Waals surface area contributed by atoms with Crippen LogP contribution in [-0.4, -0.2) is 11.6 Å². The monoisotopic (exact) mass is 480 g/mol. The normalized spacial score (nSPS) is 32.0. The number of nitrogens with one attached hydrogen (secondary N) is 1. The van der Waals surface area contributed by atoms with Crippen LogP contribution in [0.1, 0.15) is 79.1 Å². The average Bonchev–Trinajstić information content (AvgIpc) is 3.07. The molecule has 6 heteroatoms. The van der Waals surface area contributed by atoms with E-state index >= 15 is 0 Å². The molecule has 2 aromatic rings. The van der Waals surface area contributed by atoms with E-state index in [1.165, 1.54) is 30.6 Å². The number of halogens is 1. The Hall–Kier alpha value is -2.11. The number of hydrogen-bond acceptors (Lipinski definition) is 5. The van der Waals surface area contributed by atoms with E-state index in [4.69, 9.17) is 17.3 Å². The number of allylic oxidation sites excluding steroid dienone is 2. The van der Waals surface area contributed by atoms with E-state index in [0.717, 1.165) is 41.1 Å². The molecule has 0 amide bonds. The zero-order chi connectivity index (χ0) is 23.1. The first-order valence-electron chi connectivity index (χ1n) is 12.0. The van der Waals surface area contributed by atoms with E-state index in [-0.39, 0.29) is 22.9 Å². The second-order valence-electron chi connectivity index (χ2n) is 10.8. The molecule has 4 fully saturated rings. The lowest BCUT2D eigenvalue weighted by molar-refractivity contribution is -0.113. The molecule has 1 atom stereocenters. The van der Waals surface area contributed by atoms with Crippen LogP contribution in [0, 0.1) is 23.2 Å². The Labute approximate surface area is 203 Å². The van der Waals surface area contributed by atoms with Crippen molar-refractivity contribution in [2.75, 3.05) is 11.1 Å². The number of carbonyl (C=O) groups is 2. The van der Waals surface area contributed by atoms with Crippen molar-refractivity contribution in [1.29, 1.82) is 0 Å². The Morgan fingerprint density at radius 3 is 2.18 bits per heavy atom. The topological polar surface area (TPSA) is 72.2 Å². The predicted molar refractivity (Wildman–Crippen MR) is 134 cm³/mol. The highest BCUT2D eigenvalue weighted by Crippen LogP contribution is 2.62. The summed E-state index contributed by atoms with van der Waals surface area (Å²) in [6.07, 6.45) is 6.95. The van der Waals surface area contributed by atoms with Crippen LogP contribution in [0.25, 0.3) is 0 Å². The first kappa shape index (κ1) is 21.4. The van der Waals surface area contributed by atoms with Gasteiger partial charge in [-0.15, -0.1) is 11.3 Å². The summed E-state index contributed by atoms with van der Waals surface area (Å²) < 4.78 is 0. The predicted octanol–water partition coefficient (Wildman–Crippen LogP) is 6.80. The highest BCUT2D eigenvalue weighted by atomic mass is 35.5. The highest BCUT2D eigenvalue weighted by Gasteiger charge is 2.55. The molecule has 7 rings (SSSR count). The molecule has 0 spiro atoms. The van der Waals surface area contributed by atoms with Crippen LogP contribution in [0.3, 0.4) is 0 Å². The van der Waals surface area contributed by atoms with E-state index in [0.29, 0.717) is 38.9 Å². The summed E-state index contributed by atoms with van der Waals surface area (Å²) in [5.41, 5.74) is 10.5. The maximum atomic E-state index is 14.1. The number of nitrogens with two attached hydrogens (primary N) is 1. The van der Waals surface area contributed by atoms with Gasteiger partial charge in [0.2, 0.25) is 0 Å². The Balaban J connectivity index is 1.46. The molecule has 4 aliphatic carbocycles. The van der Waals surface area contributed by atoms with Gasteiger partial charge in [-0.2, -0.15) is 0 Å². The number of thiophene rings is 1. The fraction of sp³-hybridized carbons (Fsp3) is 0.481. The van der Waals surface area contributed by atoms with Crippen molar-refractivity contribution in [3.63, 3.8) is 0 Å². The first-order valence-corrected chi connectivity index (χ1v) is 13.2. The van der Waals surface area contributed by atoms with Crippen LogP contribution in [-0.2, 0) is 4.79 Å². The standard InChI is InChI=1S/C27H29ClN2O2S/c1-13-20(14(2)31)21(18-3-5-19(28)6-4-18)22-23(29)24(33-26(22)30-13)25(32)27-10-15-7-16(11-27)9-17(8-15)12-27/h3-6,15-17,21,30H,7-12,29H2,1-2H3/t15?,16?,17?,21-,27?/m0/s1. The van der Waals surface area contributed by atoms with Gasteiger partial charge >= 0.3 is 0 Å². The van der Waals surface area contributed by atoms with Crippen LogP contribution in [0.5, 0.6) is 0 Å². The van der Waals surface area contributed by atoms with E-state index < -0.39 is 0 Å². The van der Waals surface area contributed by atoms with Gasteiger partial charge in [-0.1, -0.05) is 23.7 Å². The molecule has 4 saturated carbocycles. The molecule has 4 nitrogen and oxygen atoms in total. The van der Waals surface area contributed by atoms with Gasteiger partial charge < -0.3 is 11.1 Å². The van der Waals surface area contributed by atoms with Crippen molar-refractivity contribution in [3.05, 3.63) is 56.6 Å². The number of nitrogen functional groups attached to an aromatic ring is 1. The molecule has 33 heavy (non-hydrogen) atoms. The molecule has 1 aromatic carbocycles. The number of anilines is 2. The molecular weight excluding hydrogens is 452 g/mol. The molecule has 0 unspecified atom stereocenters. The summed E-state index contributed by atoms with van der Waals surface area (Å²) in [5.74, 6) is 2.05. The summed E-state index contributed by atoms with van der Waals surface area (Å²) in [5, 5.41) is 4.95. The van der Waals surface area contributed by atoms with E-state index in [1.54, 1.807) is 6.92 Å². The SMILES string of the molecule is CC(=O)C1=C(C)Nc2sc(C(=O)C34CC5CC(CC(C5)C3)C4)c(N)c2[C@H]1c1ccc(Cl)cc1. The van der Waals surface area contributed by atoms with Gasteiger partial charge in [0.25, 0.3) is 0 Å². The van der Waals surface area contributed by atoms with E-state index in [2.05, 4.69) is 5.32 Å². The Morgan fingerprint density at radius 2 is 1.64 bits per heavy atom. The largest absolute Gasteiger partial charge is 0.397 e. The zero-order valence-electron chi connectivity index (χ0n) is 19.0. The maximum absolute atomic E-state index is 14.1. The highest BCUT2D eigenvalue weighted by molar-refractivity contribution is 7.19. The quantitative estimate of drug-likeness (QED) is 0.472. The number of fused-ring (bicyclic) bond motifs is 1. The molecule has 172 valence electrons. The van der Waals surface area contributed by atoms with Crippen molar-refractivity contribution in [3.8, 4) is 0 Å². The van der Waals surface area contributed by atoms with Gasteiger partial charge in [0.15, 0.2) is 11.6 Å². The van der Waals surface area contributed by atoms with Gasteiger partial charge in [0.05, 0.1) is 15.6 Å². The van der Waals surface area contributed by atoms with E-state index in [9.17, 15) is 9.59 Å². The third-order valence-electron chi connectivity index (χ3n) is 8.57. The molecule has 1 aliphatic heterocycles. The summed E-state index contributed by atoms with van der Waals surface area (Å²) in [6.45, 7) is 3.53. The fourth-order valence-corrected chi connectivity index (χ4v) is 9.09. The molecule has 1 aromatic heterocycles. The lowest BCUT2D eigenvalue weighted by atomic mass is 9.48. The Kier molecular flexibility index (Phi) is 4.83. The summed E-state index contributed by atoms with van der Waals surface area (Å²) in [6, 6.07) is 7.59. The molecule has 0 saturated heterocycles. The minimum Gasteiger partial charge on any atom is -0.397 e. The van der Waals surface area contributed by atoms with Crippen molar-refractivity contribution >= 4 is 45.2 Å². The van der Waals surface area contributed by atoms with Crippen molar-refractivity contribution in [2.45, 2.75) is 58.3 Å². The number of ketones is 2. The lowest BCUT2D eigenvalue weighted by Gasteiger charge is -2.55. The first-order chi connectivity index (χ1) is 15.8.